The van der Waals surface area contributed by atoms with Gasteiger partial charge < -0.3 is 0 Å². The highest BCUT2D eigenvalue weighted by Crippen LogP contribution is 2.47. The van der Waals surface area contributed by atoms with Crippen molar-refractivity contribution in [3.63, 3.8) is 0 Å². The molecule has 1 aromatic carbocycles. The third kappa shape index (κ3) is 2.03. The number of hydrogen-bond donors (Lipinski definition) is 2. The third-order valence-corrected chi connectivity index (χ3v) is 3.35. The van der Waals surface area contributed by atoms with E-state index in [2.05, 4.69) is 12.3 Å². The van der Waals surface area contributed by atoms with E-state index in [1.165, 1.54) is 12.5 Å². The largest absolute Gasteiger partial charge is 0.271 e. The Kier molecular flexibility index (Phi) is 2.76. The van der Waals surface area contributed by atoms with Crippen molar-refractivity contribution in [2.24, 2.45) is 17.7 Å². The van der Waals surface area contributed by atoms with Crippen LogP contribution >= 0.6 is 0 Å². The van der Waals surface area contributed by atoms with Crippen LogP contribution in [0.4, 0.5) is 4.39 Å². The Morgan fingerprint density at radius 2 is 2.20 bits per heavy atom. The van der Waals surface area contributed by atoms with Crippen LogP contribution in [-0.4, -0.2) is 0 Å². The summed E-state index contributed by atoms with van der Waals surface area (Å²) in [5, 5.41) is 0. The van der Waals surface area contributed by atoms with Crippen molar-refractivity contribution in [2.75, 3.05) is 0 Å². The standard InChI is InChI=1S/C12H17FN2/c1-7-5-9(13)3-4-10(7)12(15-14)11-6-8(11)2/h3-5,8,11-12,15H,6,14H2,1-2H3. The minimum Gasteiger partial charge on any atom is -0.271 e. The predicted octanol–water partition coefficient (Wildman–Crippen LogP) is 2.29. The van der Waals surface area contributed by atoms with Gasteiger partial charge in [-0.1, -0.05) is 13.0 Å². The van der Waals surface area contributed by atoms with Gasteiger partial charge in [0, 0.05) is 6.04 Å². The predicted molar refractivity (Wildman–Crippen MR) is 58.5 cm³/mol. The van der Waals surface area contributed by atoms with Gasteiger partial charge in [-0.3, -0.25) is 11.3 Å². The average molecular weight is 208 g/mol. The topological polar surface area (TPSA) is 38.0 Å². The van der Waals surface area contributed by atoms with E-state index in [0.717, 1.165) is 17.0 Å². The molecule has 0 spiro atoms. The molecule has 0 aliphatic heterocycles. The summed E-state index contributed by atoms with van der Waals surface area (Å²) in [7, 11) is 0. The molecule has 2 nitrogen and oxygen atoms in total. The lowest BCUT2D eigenvalue weighted by Crippen LogP contribution is -2.30. The zero-order valence-electron chi connectivity index (χ0n) is 9.13. The van der Waals surface area contributed by atoms with Crippen LogP contribution in [0.25, 0.3) is 0 Å². The zero-order chi connectivity index (χ0) is 11.0. The average Bonchev–Trinajstić information content (AvgIpc) is 2.88. The summed E-state index contributed by atoms with van der Waals surface area (Å²) < 4.78 is 13.0. The maximum Gasteiger partial charge on any atom is 0.123 e. The van der Waals surface area contributed by atoms with Crippen molar-refractivity contribution in [1.82, 2.24) is 5.43 Å². The van der Waals surface area contributed by atoms with E-state index in [1.807, 2.05) is 13.0 Å². The lowest BCUT2D eigenvalue weighted by Gasteiger charge is -2.18. The Morgan fingerprint density at radius 1 is 1.53 bits per heavy atom. The van der Waals surface area contributed by atoms with Gasteiger partial charge in [-0.25, -0.2) is 4.39 Å². The van der Waals surface area contributed by atoms with E-state index in [9.17, 15) is 4.39 Å². The smallest absolute Gasteiger partial charge is 0.123 e. The van der Waals surface area contributed by atoms with Gasteiger partial charge in [-0.15, -0.1) is 0 Å². The number of halogens is 1. The van der Waals surface area contributed by atoms with Crippen LogP contribution in [0.1, 0.15) is 30.5 Å². The summed E-state index contributed by atoms with van der Waals surface area (Å²) in [6.45, 7) is 4.14. The number of rotatable bonds is 3. The summed E-state index contributed by atoms with van der Waals surface area (Å²) in [6.07, 6.45) is 1.20. The first-order valence-electron chi connectivity index (χ1n) is 5.35. The maximum atomic E-state index is 13.0. The molecule has 3 atom stereocenters. The first-order chi connectivity index (χ1) is 7.13. The molecule has 2 rings (SSSR count). The van der Waals surface area contributed by atoms with Crippen molar-refractivity contribution in [1.29, 1.82) is 0 Å². The fourth-order valence-electron chi connectivity index (χ4n) is 2.25. The van der Waals surface area contributed by atoms with E-state index >= 15 is 0 Å². The molecule has 1 saturated carbocycles. The highest BCUT2D eigenvalue weighted by atomic mass is 19.1. The zero-order valence-corrected chi connectivity index (χ0v) is 9.13. The minimum atomic E-state index is -0.184. The van der Waals surface area contributed by atoms with E-state index in [-0.39, 0.29) is 11.9 Å². The number of hydrogen-bond acceptors (Lipinski definition) is 2. The Labute approximate surface area is 89.6 Å². The molecule has 3 N–H and O–H groups in total. The molecule has 1 fully saturated rings. The van der Waals surface area contributed by atoms with Crippen LogP contribution in [0.2, 0.25) is 0 Å². The first-order valence-corrected chi connectivity index (χ1v) is 5.35. The molecule has 0 radical (unpaired) electrons. The fourth-order valence-corrected chi connectivity index (χ4v) is 2.25. The summed E-state index contributed by atoms with van der Waals surface area (Å²) >= 11 is 0. The first kappa shape index (κ1) is 10.6. The number of nitrogens with one attached hydrogen (secondary N) is 1. The Balaban J connectivity index is 2.26. The highest BCUT2D eigenvalue weighted by Gasteiger charge is 2.40. The summed E-state index contributed by atoms with van der Waals surface area (Å²) in [5.41, 5.74) is 4.94. The van der Waals surface area contributed by atoms with Gasteiger partial charge in [0.15, 0.2) is 0 Å². The fraction of sp³-hybridized carbons (Fsp3) is 0.500. The molecule has 0 bridgehead atoms. The van der Waals surface area contributed by atoms with Crippen LogP contribution < -0.4 is 11.3 Å². The Morgan fingerprint density at radius 3 is 2.67 bits per heavy atom. The lowest BCUT2D eigenvalue weighted by atomic mass is 9.97. The molecule has 0 saturated heterocycles. The van der Waals surface area contributed by atoms with Crippen LogP contribution in [0.3, 0.4) is 0 Å². The molecule has 0 aromatic heterocycles. The molecular weight excluding hydrogens is 191 g/mol. The van der Waals surface area contributed by atoms with Crippen LogP contribution in [0.5, 0.6) is 0 Å². The second kappa shape index (κ2) is 3.91. The molecule has 15 heavy (non-hydrogen) atoms. The normalized spacial score (nSPS) is 26.4. The number of nitrogens with two attached hydrogens (primary N) is 1. The maximum absolute atomic E-state index is 13.0. The SMILES string of the molecule is Cc1cc(F)ccc1C(NN)C1CC1C. The van der Waals surface area contributed by atoms with Gasteiger partial charge in [-0.2, -0.15) is 0 Å². The van der Waals surface area contributed by atoms with Crippen LogP contribution in [0.15, 0.2) is 18.2 Å². The summed E-state index contributed by atoms with van der Waals surface area (Å²) in [6, 6.07) is 5.06. The molecule has 3 unspecified atom stereocenters. The Bertz CT molecular complexity index is 365. The van der Waals surface area contributed by atoms with Crippen LogP contribution in [-0.2, 0) is 0 Å². The van der Waals surface area contributed by atoms with Crippen molar-refractivity contribution in [3.05, 3.63) is 35.1 Å². The molecule has 0 heterocycles. The van der Waals surface area contributed by atoms with E-state index in [0.29, 0.717) is 5.92 Å². The third-order valence-electron chi connectivity index (χ3n) is 3.35. The molecule has 1 aliphatic carbocycles. The van der Waals surface area contributed by atoms with Crippen LogP contribution in [0, 0.1) is 24.6 Å². The number of aryl methyl sites for hydroxylation is 1. The van der Waals surface area contributed by atoms with E-state index in [4.69, 9.17) is 5.84 Å². The van der Waals surface area contributed by atoms with Gasteiger partial charge in [0.05, 0.1) is 0 Å². The van der Waals surface area contributed by atoms with E-state index < -0.39 is 0 Å². The van der Waals surface area contributed by atoms with Gasteiger partial charge in [0.2, 0.25) is 0 Å². The molecule has 0 amide bonds. The molecule has 1 aromatic rings. The van der Waals surface area contributed by atoms with Gasteiger partial charge in [0.25, 0.3) is 0 Å². The second-order valence-corrected chi connectivity index (χ2v) is 4.52. The van der Waals surface area contributed by atoms with Gasteiger partial charge in [-0.05, 0) is 48.4 Å². The second-order valence-electron chi connectivity index (χ2n) is 4.52. The van der Waals surface area contributed by atoms with Gasteiger partial charge in [0.1, 0.15) is 5.82 Å². The van der Waals surface area contributed by atoms with Crippen molar-refractivity contribution in [3.8, 4) is 0 Å². The van der Waals surface area contributed by atoms with Gasteiger partial charge >= 0.3 is 0 Å². The summed E-state index contributed by atoms with van der Waals surface area (Å²) in [5.74, 6) is 6.70. The molecular formula is C12H17FN2. The highest BCUT2D eigenvalue weighted by molar-refractivity contribution is 5.31. The van der Waals surface area contributed by atoms with E-state index in [1.54, 1.807) is 6.07 Å². The molecule has 3 heteroatoms. The number of hydrazine groups is 1. The number of benzene rings is 1. The minimum absolute atomic E-state index is 0.167. The monoisotopic (exact) mass is 208 g/mol. The lowest BCUT2D eigenvalue weighted by molar-refractivity contribution is 0.473. The van der Waals surface area contributed by atoms with Crippen molar-refractivity contribution >= 4 is 0 Å². The Hall–Kier alpha value is -0.930. The molecule has 82 valence electrons. The summed E-state index contributed by atoms with van der Waals surface area (Å²) in [4.78, 5) is 0. The van der Waals surface area contributed by atoms with Crippen molar-refractivity contribution in [2.45, 2.75) is 26.3 Å². The molecule has 1 aliphatic rings. The van der Waals surface area contributed by atoms with Crippen molar-refractivity contribution < 1.29 is 4.39 Å². The quantitative estimate of drug-likeness (QED) is 0.591.